The molecule has 0 aromatic carbocycles. The summed E-state index contributed by atoms with van der Waals surface area (Å²) >= 11 is 0. The van der Waals surface area contributed by atoms with Crippen LogP contribution in [0.3, 0.4) is 0 Å². The predicted octanol–water partition coefficient (Wildman–Crippen LogP) is 2.06. The summed E-state index contributed by atoms with van der Waals surface area (Å²) in [6, 6.07) is 5.01. The van der Waals surface area contributed by atoms with Crippen LogP contribution in [0.4, 0.5) is 10.2 Å². The highest BCUT2D eigenvalue weighted by molar-refractivity contribution is 5.77. The molecular weight excluding hydrogens is 257 g/mol. The van der Waals surface area contributed by atoms with Gasteiger partial charge in [-0.05, 0) is 37.8 Å². The number of hydrogen-bond donors (Lipinski definition) is 0. The molecule has 0 bridgehead atoms. The van der Waals surface area contributed by atoms with Crippen molar-refractivity contribution in [3.8, 4) is 0 Å². The molecule has 1 saturated heterocycles. The van der Waals surface area contributed by atoms with E-state index in [1.165, 1.54) is 18.9 Å². The number of amides is 1. The number of nitrogens with zero attached hydrogens (tertiary/aromatic N) is 3. The monoisotopic (exact) mass is 277 g/mol. The maximum Gasteiger partial charge on any atom is 0.222 e. The van der Waals surface area contributed by atoms with Crippen LogP contribution in [-0.4, -0.2) is 41.5 Å². The molecule has 20 heavy (non-hydrogen) atoms. The minimum absolute atomic E-state index is 0.168. The third kappa shape index (κ3) is 2.92. The van der Waals surface area contributed by atoms with Crippen molar-refractivity contribution in [3.05, 3.63) is 24.1 Å². The molecule has 1 atom stereocenters. The molecular formula is C15H20FN3O. The van der Waals surface area contributed by atoms with Crippen molar-refractivity contribution < 1.29 is 9.18 Å². The quantitative estimate of drug-likeness (QED) is 0.794. The predicted molar refractivity (Wildman–Crippen MR) is 74.9 cm³/mol. The van der Waals surface area contributed by atoms with Crippen molar-refractivity contribution >= 4 is 11.7 Å². The molecule has 1 amide bonds. The zero-order chi connectivity index (χ0) is 14.1. The van der Waals surface area contributed by atoms with Gasteiger partial charge in [-0.3, -0.25) is 4.79 Å². The number of halogens is 1. The summed E-state index contributed by atoms with van der Waals surface area (Å²) in [5.41, 5.74) is 0. The van der Waals surface area contributed by atoms with Crippen molar-refractivity contribution in [2.24, 2.45) is 5.92 Å². The van der Waals surface area contributed by atoms with Crippen LogP contribution < -0.4 is 4.90 Å². The van der Waals surface area contributed by atoms with Crippen molar-refractivity contribution in [2.45, 2.75) is 32.2 Å². The van der Waals surface area contributed by atoms with Gasteiger partial charge in [-0.15, -0.1) is 0 Å². The molecule has 1 aromatic heterocycles. The van der Waals surface area contributed by atoms with E-state index in [1.807, 2.05) is 11.0 Å². The van der Waals surface area contributed by atoms with Crippen molar-refractivity contribution in [2.75, 3.05) is 24.5 Å². The normalized spacial score (nSPS) is 23.0. The number of rotatable bonds is 3. The molecule has 1 aliphatic heterocycles. The topological polar surface area (TPSA) is 36.4 Å². The second-order valence-electron chi connectivity index (χ2n) is 5.85. The van der Waals surface area contributed by atoms with Crippen LogP contribution in [0.1, 0.15) is 26.2 Å². The standard InChI is InChI=1S/C15H20FN3O/c1-11-10-18(15(20)9-12-5-6-12)7-8-19(11)14-4-2-3-13(16)17-14/h2-4,11-12H,5-10H2,1H3. The van der Waals surface area contributed by atoms with Gasteiger partial charge < -0.3 is 9.80 Å². The Hall–Kier alpha value is -1.65. The van der Waals surface area contributed by atoms with Crippen molar-refractivity contribution in [3.63, 3.8) is 0 Å². The average Bonchev–Trinajstić information content (AvgIpc) is 3.22. The van der Waals surface area contributed by atoms with Crippen LogP contribution >= 0.6 is 0 Å². The molecule has 2 aliphatic rings. The van der Waals surface area contributed by atoms with Crippen molar-refractivity contribution in [1.29, 1.82) is 0 Å². The van der Waals surface area contributed by atoms with Crippen LogP contribution in [-0.2, 0) is 4.79 Å². The molecule has 4 nitrogen and oxygen atoms in total. The lowest BCUT2D eigenvalue weighted by Crippen LogP contribution is -2.54. The van der Waals surface area contributed by atoms with E-state index in [1.54, 1.807) is 6.07 Å². The smallest absolute Gasteiger partial charge is 0.222 e. The lowest BCUT2D eigenvalue weighted by Gasteiger charge is -2.40. The number of carbonyl (C=O) groups is 1. The van der Waals surface area contributed by atoms with E-state index in [-0.39, 0.29) is 11.9 Å². The summed E-state index contributed by atoms with van der Waals surface area (Å²) in [7, 11) is 0. The Kier molecular flexibility index (Phi) is 3.59. The molecule has 1 aromatic rings. The van der Waals surface area contributed by atoms with Crippen LogP contribution in [0.5, 0.6) is 0 Å². The molecule has 0 radical (unpaired) electrons. The number of piperazine rings is 1. The molecule has 1 saturated carbocycles. The van der Waals surface area contributed by atoms with Gasteiger partial charge in [-0.2, -0.15) is 4.39 Å². The molecule has 5 heteroatoms. The second-order valence-corrected chi connectivity index (χ2v) is 5.85. The van der Waals surface area contributed by atoms with E-state index in [0.29, 0.717) is 37.8 Å². The van der Waals surface area contributed by atoms with Gasteiger partial charge in [0.2, 0.25) is 11.9 Å². The summed E-state index contributed by atoms with van der Waals surface area (Å²) in [5, 5.41) is 0. The summed E-state index contributed by atoms with van der Waals surface area (Å²) in [4.78, 5) is 20.1. The Labute approximate surface area is 118 Å². The molecule has 1 unspecified atom stereocenters. The molecule has 3 rings (SSSR count). The van der Waals surface area contributed by atoms with E-state index in [4.69, 9.17) is 0 Å². The van der Waals surface area contributed by atoms with E-state index in [0.717, 1.165) is 0 Å². The molecule has 108 valence electrons. The van der Waals surface area contributed by atoms with Gasteiger partial charge in [-0.1, -0.05) is 6.07 Å². The van der Waals surface area contributed by atoms with Gasteiger partial charge in [0.15, 0.2) is 0 Å². The van der Waals surface area contributed by atoms with Crippen LogP contribution in [0.2, 0.25) is 0 Å². The lowest BCUT2D eigenvalue weighted by atomic mass is 10.1. The first-order valence-electron chi connectivity index (χ1n) is 7.30. The fourth-order valence-electron chi connectivity index (χ4n) is 2.78. The Morgan fingerprint density at radius 1 is 1.40 bits per heavy atom. The van der Waals surface area contributed by atoms with Gasteiger partial charge in [0.1, 0.15) is 5.82 Å². The van der Waals surface area contributed by atoms with E-state index >= 15 is 0 Å². The minimum Gasteiger partial charge on any atom is -0.350 e. The van der Waals surface area contributed by atoms with Gasteiger partial charge in [0.25, 0.3) is 0 Å². The first-order chi connectivity index (χ1) is 9.63. The van der Waals surface area contributed by atoms with Crippen molar-refractivity contribution in [1.82, 2.24) is 9.88 Å². The lowest BCUT2D eigenvalue weighted by molar-refractivity contribution is -0.132. The third-order valence-electron chi connectivity index (χ3n) is 4.14. The van der Waals surface area contributed by atoms with Gasteiger partial charge in [-0.25, -0.2) is 4.98 Å². The molecule has 2 heterocycles. The third-order valence-corrected chi connectivity index (χ3v) is 4.14. The molecule has 0 spiro atoms. The van der Waals surface area contributed by atoms with Crippen LogP contribution in [0, 0.1) is 11.9 Å². The van der Waals surface area contributed by atoms with Gasteiger partial charge >= 0.3 is 0 Å². The van der Waals surface area contributed by atoms with Gasteiger partial charge in [0.05, 0.1) is 0 Å². The van der Waals surface area contributed by atoms with Gasteiger partial charge in [0, 0.05) is 32.1 Å². The minimum atomic E-state index is -0.457. The fourth-order valence-corrected chi connectivity index (χ4v) is 2.78. The Morgan fingerprint density at radius 3 is 2.85 bits per heavy atom. The van der Waals surface area contributed by atoms with Crippen LogP contribution in [0.25, 0.3) is 0 Å². The molecule has 2 fully saturated rings. The Morgan fingerprint density at radius 2 is 2.20 bits per heavy atom. The zero-order valence-electron chi connectivity index (χ0n) is 11.8. The number of pyridine rings is 1. The maximum atomic E-state index is 13.2. The second kappa shape index (κ2) is 5.38. The maximum absolute atomic E-state index is 13.2. The molecule has 0 N–H and O–H groups in total. The SMILES string of the molecule is CC1CN(C(=O)CC2CC2)CCN1c1cccc(F)n1. The first-order valence-corrected chi connectivity index (χ1v) is 7.30. The van der Waals surface area contributed by atoms with E-state index in [9.17, 15) is 9.18 Å². The van der Waals surface area contributed by atoms with E-state index < -0.39 is 5.95 Å². The Bertz CT molecular complexity index is 504. The summed E-state index contributed by atoms with van der Waals surface area (Å²) in [6.45, 7) is 4.18. The number of anilines is 1. The summed E-state index contributed by atoms with van der Waals surface area (Å²) < 4.78 is 13.2. The fraction of sp³-hybridized carbons (Fsp3) is 0.600. The Balaban J connectivity index is 1.62. The first kappa shape index (κ1) is 13.3. The highest BCUT2D eigenvalue weighted by Gasteiger charge is 2.31. The highest BCUT2D eigenvalue weighted by atomic mass is 19.1. The number of aromatic nitrogens is 1. The zero-order valence-corrected chi connectivity index (χ0v) is 11.8. The van der Waals surface area contributed by atoms with E-state index in [2.05, 4.69) is 16.8 Å². The summed E-state index contributed by atoms with van der Waals surface area (Å²) in [5.74, 6) is 1.10. The largest absolute Gasteiger partial charge is 0.350 e. The number of hydrogen-bond acceptors (Lipinski definition) is 3. The number of carbonyl (C=O) groups excluding carboxylic acids is 1. The molecule has 1 aliphatic carbocycles. The summed E-state index contributed by atoms with van der Waals surface area (Å²) in [6.07, 6.45) is 3.11. The van der Waals surface area contributed by atoms with Crippen LogP contribution in [0.15, 0.2) is 18.2 Å². The highest BCUT2D eigenvalue weighted by Crippen LogP contribution is 2.33. The average molecular weight is 277 g/mol.